The summed E-state index contributed by atoms with van der Waals surface area (Å²) in [7, 11) is -6.86. The summed E-state index contributed by atoms with van der Waals surface area (Å²) < 4.78 is 210. The van der Waals surface area contributed by atoms with Crippen molar-refractivity contribution in [3.8, 4) is 0 Å². The third kappa shape index (κ3) is 6.53. The molecule has 21 heteroatoms. The molecule has 212 valence electrons. The van der Waals surface area contributed by atoms with Gasteiger partial charge >= 0.3 is 51.5 Å². The second-order valence-corrected chi connectivity index (χ2v) is 8.16. The average Bonchev–Trinajstić information content (AvgIpc) is 2.72. The van der Waals surface area contributed by atoms with E-state index in [4.69, 9.17) is 0 Å². The highest BCUT2D eigenvalue weighted by Crippen LogP contribution is 2.54. The topological polar surface area (TPSA) is 82.0 Å². The molecule has 0 spiro atoms. The lowest BCUT2D eigenvalue weighted by atomic mass is 10.0. The van der Waals surface area contributed by atoms with Crippen LogP contribution in [0, 0.1) is 0 Å². The number of halogens is 14. The molecule has 0 aromatic heterocycles. The molecule has 1 aromatic rings. The predicted octanol–water partition coefficient (Wildman–Crippen LogP) is 5.29. The van der Waals surface area contributed by atoms with E-state index in [0.29, 0.717) is 12.1 Å². The summed E-state index contributed by atoms with van der Waals surface area (Å²) in [5.74, 6) is -24.4. The molecule has 0 amide bonds. The smallest absolute Gasteiger partial charge is 0.460 e. The number of carbonyl (C=O) groups is 1. The number of hydrogen-bond acceptors (Lipinski definition) is 6. The quantitative estimate of drug-likeness (QED) is 0.159. The summed E-state index contributed by atoms with van der Waals surface area (Å²) in [5, 5.41) is -4.06. The number of oxime groups is 1. The summed E-state index contributed by atoms with van der Waals surface area (Å²) in [5.41, 5.74) is -3.14. The van der Waals surface area contributed by atoms with Crippen LogP contribution in [0.25, 0.3) is 0 Å². The fourth-order valence-electron chi connectivity index (χ4n) is 2.02. The molecule has 1 rings (SSSR count). The third-order valence-electron chi connectivity index (χ3n) is 3.95. The number of alkyl halides is 14. The van der Waals surface area contributed by atoms with Crippen LogP contribution in [0.4, 0.5) is 61.5 Å². The Labute approximate surface area is 195 Å². The monoisotopic (exact) mass is 593 g/mol. The van der Waals surface area contributed by atoms with Crippen LogP contribution in [-0.2, 0) is 23.9 Å². The zero-order chi connectivity index (χ0) is 29.3. The van der Waals surface area contributed by atoms with Gasteiger partial charge in [0.2, 0.25) is 0 Å². The lowest BCUT2D eigenvalue weighted by molar-refractivity contribution is -0.397. The van der Waals surface area contributed by atoms with Crippen LogP contribution in [0.3, 0.4) is 0 Å². The van der Waals surface area contributed by atoms with Gasteiger partial charge in [-0.1, -0.05) is 35.5 Å². The van der Waals surface area contributed by atoms with Gasteiger partial charge in [0.1, 0.15) is 0 Å². The maximum absolute atomic E-state index is 13.8. The number of carbonyl (C=O) groups excluding carboxylic acids is 1. The number of ether oxygens (including phenoxy) is 1. The largest absolute Gasteiger partial charge is 0.478 e. The van der Waals surface area contributed by atoms with E-state index in [-0.39, 0.29) is 0 Å². The fraction of sp³-hybridized carbons (Fsp3) is 0.500. The molecule has 0 aliphatic heterocycles. The lowest BCUT2D eigenvalue weighted by Gasteiger charge is -2.33. The van der Waals surface area contributed by atoms with Gasteiger partial charge in [-0.05, 0) is 0 Å². The Kier molecular flexibility index (Phi) is 8.80. The summed E-state index contributed by atoms with van der Waals surface area (Å²) in [6.45, 7) is -2.48. The molecule has 0 bridgehead atoms. The maximum Gasteiger partial charge on any atom is 0.478 e. The van der Waals surface area contributed by atoms with Gasteiger partial charge in [-0.3, -0.25) is 4.28 Å². The van der Waals surface area contributed by atoms with Crippen LogP contribution in [0.5, 0.6) is 0 Å². The van der Waals surface area contributed by atoms with Crippen molar-refractivity contribution in [2.45, 2.75) is 41.8 Å². The highest BCUT2D eigenvalue weighted by atomic mass is 32.2. The number of hydrogen-bond donors (Lipinski definition) is 0. The minimum Gasteiger partial charge on any atom is -0.460 e. The van der Waals surface area contributed by atoms with Crippen molar-refractivity contribution in [3.05, 3.63) is 35.9 Å². The summed E-state index contributed by atoms with van der Waals surface area (Å²) >= 11 is 0. The Morgan fingerprint density at radius 3 is 1.70 bits per heavy atom. The zero-order valence-electron chi connectivity index (χ0n) is 17.0. The van der Waals surface area contributed by atoms with Gasteiger partial charge in [0, 0.05) is 5.56 Å². The lowest BCUT2D eigenvalue weighted by Crippen LogP contribution is -2.61. The van der Waals surface area contributed by atoms with Crippen LogP contribution in [-0.4, -0.2) is 62.1 Å². The second-order valence-electron chi connectivity index (χ2n) is 6.59. The first-order chi connectivity index (χ1) is 16.3. The van der Waals surface area contributed by atoms with Gasteiger partial charge < -0.3 is 4.74 Å². The number of benzene rings is 1. The molecule has 0 saturated heterocycles. The molecule has 0 aliphatic rings. The van der Waals surface area contributed by atoms with Gasteiger partial charge in [-0.2, -0.15) is 69.9 Å². The van der Waals surface area contributed by atoms with Crippen molar-refractivity contribution in [2.24, 2.45) is 5.16 Å². The van der Waals surface area contributed by atoms with E-state index in [1.54, 1.807) is 0 Å². The Balaban J connectivity index is 3.05. The van der Waals surface area contributed by atoms with E-state index in [1.165, 1.54) is 6.07 Å². The molecule has 0 aliphatic carbocycles. The fourth-order valence-corrected chi connectivity index (χ4v) is 2.55. The molecule has 0 atom stereocenters. The Morgan fingerprint density at radius 2 is 1.27 bits per heavy atom. The minimum absolute atomic E-state index is 0.674. The average molecular weight is 593 g/mol. The summed E-state index contributed by atoms with van der Waals surface area (Å²) in [6.07, 6.45) is -15.7. The highest BCUT2D eigenvalue weighted by molar-refractivity contribution is 7.88. The second kappa shape index (κ2) is 10.1. The number of rotatable bonds is 10. The standard InChI is InChI=1S/C16H9F14NO5S/c17-11(18,14(24,25)15(26,27)16(28,29)30)6-7-35-10(32)13(22,23)37(33,34)36-31-9(12(19,20)21)8-4-2-1-3-5-8/h1-5H,6-7H2/b31-9-. The first-order valence-electron chi connectivity index (χ1n) is 8.72. The molecular formula is C16H9F14NO5S. The van der Waals surface area contributed by atoms with Crippen LogP contribution < -0.4 is 0 Å². The first-order valence-corrected chi connectivity index (χ1v) is 10.1. The van der Waals surface area contributed by atoms with Gasteiger partial charge in [0.15, 0.2) is 5.71 Å². The Hall–Kier alpha value is -2.87. The molecule has 0 N–H and O–H groups in total. The minimum atomic E-state index is -7.35. The van der Waals surface area contributed by atoms with E-state index in [9.17, 15) is 74.7 Å². The molecule has 0 saturated carbocycles. The van der Waals surface area contributed by atoms with Gasteiger partial charge in [-0.15, -0.1) is 0 Å². The highest BCUT2D eigenvalue weighted by Gasteiger charge is 2.81. The number of nitrogens with zero attached hydrogens (tertiary/aromatic N) is 1. The molecule has 37 heavy (non-hydrogen) atoms. The normalized spacial score (nSPS) is 14.9. The Bertz CT molecular complexity index is 1100. The van der Waals surface area contributed by atoms with Crippen molar-refractivity contribution in [2.75, 3.05) is 6.61 Å². The first kappa shape index (κ1) is 32.2. The summed E-state index contributed by atoms with van der Waals surface area (Å²) in [6, 6.07) is 4.48. The van der Waals surface area contributed by atoms with E-state index in [0.717, 1.165) is 12.1 Å². The van der Waals surface area contributed by atoms with E-state index < -0.39 is 75.8 Å². The predicted molar refractivity (Wildman–Crippen MR) is 90.5 cm³/mol. The van der Waals surface area contributed by atoms with Crippen LogP contribution in [0.1, 0.15) is 12.0 Å². The van der Waals surface area contributed by atoms with Crippen molar-refractivity contribution in [3.63, 3.8) is 0 Å². The molecule has 6 nitrogen and oxygen atoms in total. The van der Waals surface area contributed by atoms with E-state index >= 15 is 0 Å². The maximum atomic E-state index is 13.8. The van der Waals surface area contributed by atoms with Gasteiger partial charge in [0.05, 0.1) is 13.0 Å². The van der Waals surface area contributed by atoms with Crippen LogP contribution >= 0.6 is 0 Å². The van der Waals surface area contributed by atoms with E-state index in [2.05, 4.69) is 9.02 Å². The van der Waals surface area contributed by atoms with Crippen molar-refractivity contribution < 1.29 is 83.7 Å². The van der Waals surface area contributed by atoms with E-state index in [1.807, 2.05) is 5.16 Å². The SMILES string of the molecule is O=C(OCCC(F)(F)C(F)(F)C(F)(F)C(F)(F)F)C(F)(F)S(=O)(=O)O/N=C(/c1ccccc1)C(F)(F)F. The zero-order valence-corrected chi connectivity index (χ0v) is 17.8. The van der Waals surface area contributed by atoms with Crippen molar-refractivity contribution in [1.82, 2.24) is 0 Å². The molecule has 0 fully saturated rings. The number of esters is 1. The molecule has 0 heterocycles. The van der Waals surface area contributed by atoms with Crippen molar-refractivity contribution >= 4 is 21.8 Å². The Morgan fingerprint density at radius 1 is 0.784 bits per heavy atom. The van der Waals surface area contributed by atoms with Crippen LogP contribution in [0.15, 0.2) is 35.5 Å². The van der Waals surface area contributed by atoms with Gasteiger partial charge in [-0.25, -0.2) is 4.79 Å². The van der Waals surface area contributed by atoms with Crippen molar-refractivity contribution in [1.29, 1.82) is 0 Å². The third-order valence-corrected chi connectivity index (χ3v) is 5.02. The molecular weight excluding hydrogens is 584 g/mol. The van der Waals surface area contributed by atoms with Gasteiger partial charge in [0.25, 0.3) is 0 Å². The molecule has 0 unspecified atom stereocenters. The molecule has 0 radical (unpaired) electrons. The van der Waals surface area contributed by atoms with Crippen LogP contribution in [0.2, 0.25) is 0 Å². The summed E-state index contributed by atoms with van der Waals surface area (Å²) in [4.78, 5) is 11.3. The molecule has 1 aromatic carbocycles.